The Bertz CT molecular complexity index is 2350. The molecule has 0 unspecified atom stereocenters. The quantitative estimate of drug-likeness (QED) is 0.110. The molecular weight excluding hydrogens is 713 g/mol. The van der Waals surface area contributed by atoms with Gasteiger partial charge in [-0.25, -0.2) is 10.0 Å². The van der Waals surface area contributed by atoms with Gasteiger partial charge in [0.1, 0.15) is 18.0 Å². The first-order chi connectivity index (χ1) is 26.5. The molecule has 12 heteroatoms. The number of carbonyl (C=O) groups excluding carboxylic acids is 2. The maximum absolute atomic E-state index is 15.0. The molecule has 0 saturated heterocycles. The molecule has 0 fully saturated rings. The molecule has 282 valence electrons. The van der Waals surface area contributed by atoms with Crippen LogP contribution in [-0.2, 0) is 17.8 Å². The number of aromatic amines is 1. The predicted octanol–water partition coefficient (Wildman–Crippen LogP) is 7.46. The van der Waals surface area contributed by atoms with Gasteiger partial charge in [-0.3, -0.25) is 19.3 Å². The van der Waals surface area contributed by atoms with Gasteiger partial charge in [0.15, 0.2) is 0 Å². The zero-order chi connectivity index (χ0) is 38.8. The number of phenols is 1. The Labute approximate surface area is 324 Å². The number of carboxylic acids is 1. The minimum Gasteiger partial charge on any atom is -0.508 e. The van der Waals surface area contributed by atoms with Crippen molar-refractivity contribution in [2.75, 3.05) is 31.0 Å². The summed E-state index contributed by atoms with van der Waals surface area (Å²) in [6, 6.07) is 30.5. The third kappa shape index (κ3) is 7.48. The molecule has 0 aliphatic carbocycles. The summed E-state index contributed by atoms with van der Waals surface area (Å²) in [4.78, 5) is 49.0. The van der Waals surface area contributed by atoms with Crippen LogP contribution in [0, 0.1) is 6.92 Å². The first kappa shape index (κ1) is 37.5. The number of benzene rings is 4. The van der Waals surface area contributed by atoms with Gasteiger partial charge in [0, 0.05) is 67.4 Å². The fraction of sp³-hybridized carbons (Fsp3) is 0.233. The smallest absolute Gasteiger partial charge is 0.322 e. The van der Waals surface area contributed by atoms with Crippen molar-refractivity contribution < 1.29 is 24.6 Å². The number of thioether (sulfide) groups is 1. The molecule has 0 spiro atoms. The molecule has 0 saturated carbocycles. The highest BCUT2D eigenvalue weighted by Crippen LogP contribution is 2.34. The Hall–Kier alpha value is -5.82. The SMILES string of the molecule is CSCC[C@@H](C(=O)O)N([C@H]1Cc2ccccc2CN1C(=O)c1ccccc1-n1cc(C(=O)N(c2ccc(O)cc2)c2ccc3[nH]ccc3c2)cc1C)N(C)C. The van der Waals surface area contributed by atoms with Crippen molar-refractivity contribution in [3.8, 4) is 11.4 Å². The minimum absolute atomic E-state index is 0.0899. The van der Waals surface area contributed by atoms with E-state index in [-0.39, 0.29) is 17.6 Å². The van der Waals surface area contributed by atoms with E-state index in [0.717, 1.165) is 27.7 Å². The van der Waals surface area contributed by atoms with E-state index in [1.807, 2.05) is 116 Å². The maximum Gasteiger partial charge on any atom is 0.322 e. The van der Waals surface area contributed by atoms with Crippen LogP contribution in [0.3, 0.4) is 0 Å². The third-order valence-corrected chi connectivity index (χ3v) is 10.9. The lowest BCUT2D eigenvalue weighted by Crippen LogP contribution is -2.62. The summed E-state index contributed by atoms with van der Waals surface area (Å²) in [6.07, 6.45) is 5.84. The van der Waals surface area contributed by atoms with Crippen LogP contribution in [0.15, 0.2) is 116 Å². The molecule has 6 aromatic rings. The zero-order valence-corrected chi connectivity index (χ0v) is 32.0. The number of carbonyl (C=O) groups is 3. The van der Waals surface area contributed by atoms with Crippen molar-refractivity contribution in [1.82, 2.24) is 24.5 Å². The lowest BCUT2D eigenvalue weighted by molar-refractivity contribution is -0.163. The van der Waals surface area contributed by atoms with Crippen LogP contribution < -0.4 is 4.90 Å². The Morgan fingerprint density at radius 2 is 1.62 bits per heavy atom. The summed E-state index contributed by atoms with van der Waals surface area (Å²) in [7, 11) is 3.65. The molecule has 55 heavy (non-hydrogen) atoms. The van der Waals surface area contributed by atoms with Gasteiger partial charge >= 0.3 is 5.97 Å². The second-order valence-electron chi connectivity index (χ2n) is 13.9. The Morgan fingerprint density at radius 3 is 2.35 bits per heavy atom. The zero-order valence-electron chi connectivity index (χ0n) is 31.2. The topological polar surface area (TPSA) is 125 Å². The predicted molar refractivity (Wildman–Crippen MR) is 217 cm³/mol. The van der Waals surface area contributed by atoms with Gasteiger partial charge in [-0.1, -0.05) is 36.4 Å². The molecule has 1 aliphatic rings. The second-order valence-corrected chi connectivity index (χ2v) is 14.9. The number of aryl methyl sites for hydroxylation is 1. The Balaban J connectivity index is 1.28. The normalized spacial score (nSPS) is 14.7. The first-order valence-electron chi connectivity index (χ1n) is 18.1. The van der Waals surface area contributed by atoms with Gasteiger partial charge in [0.25, 0.3) is 11.8 Å². The van der Waals surface area contributed by atoms with E-state index in [0.29, 0.717) is 53.3 Å². The number of nitrogens with one attached hydrogen (secondary N) is 1. The molecular formula is C43H44N6O5S. The fourth-order valence-electron chi connectivity index (χ4n) is 7.56. The van der Waals surface area contributed by atoms with Crippen LogP contribution in [0.4, 0.5) is 11.4 Å². The van der Waals surface area contributed by atoms with Gasteiger partial charge in [-0.05, 0) is 103 Å². The van der Waals surface area contributed by atoms with Crippen LogP contribution in [0.5, 0.6) is 5.75 Å². The molecule has 2 atom stereocenters. The van der Waals surface area contributed by atoms with Crippen LogP contribution >= 0.6 is 11.8 Å². The standard InChI is InChI=1S/C43H44N6O5S/c1-28-23-32(41(51)48(33-13-16-35(50)17-14-33)34-15-18-37-30(24-34)19-21-44-37)27-46(28)38-12-8-7-11-36(38)42(52)47-26-31-10-6-5-9-29(31)25-40(47)49(45(2)3)39(43(53)54)20-22-55-4/h5-19,21,23-24,27,39-40,44,50H,20,22,25-26H2,1-4H3,(H,53,54)/t39-,40-/m0/s1. The summed E-state index contributed by atoms with van der Waals surface area (Å²) in [5, 5.41) is 25.1. The van der Waals surface area contributed by atoms with Crippen LogP contribution in [0.2, 0.25) is 0 Å². The van der Waals surface area contributed by atoms with E-state index < -0.39 is 18.2 Å². The van der Waals surface area contributed by atoms with Gasteiger partial charge in [0.2, 0.25) is 0 Å². The monoisotopic (exact) mass is 756 g/mol. The van der Waals surface area contributed by atoms with E-state index in [4.69, 9.17) is 0 Å². The third-order valence-electron chi connectivity index (χ3n) is 10.2. The maximum atomic E-state index is 15.0. The summed E-state index contributed by atoms with van der Waals surface area (Å²) >= 11 is 1.59. The van der Waals surface area contributed by atoms with Crippen LogP contribution in [-0.4, -0.2) is 90.8 Å². The molecule has 3 heterocycles. The molecule has 2 amide bonds. The largest absolute Gasteiger partial charge is 0.508 e. The molecule has 0 radical (unpaired) electrons. The number of para-hydroxylation sites is 1. The number of hydrazine groups is 1. The van der Waals surface area contributed by atoms with Crippen molar-refractivity contribution >= 4 is 51.8 Å². The summed E-state index contributed by atoms with van der Waals surface area (Å²) in [5.74, 6) is -0.732. The number of hydrogen-bond acceptors (Lipinski definition) is 7. The summed E-state index contributed by atoms with van der Waals surface area (Å²) in [5.41, 5.74) is 6.43. The lowest BCUT2D eigenvalue weighted by Gasteiger charge is -2.47. The second kappa shape index (κ2) is 15.9. The van der Waals surface area contributed by atoms with Gasteiger partial charge < -0.3 is 24.7 Å². The molecule has 1 aliphatic heterocycles. The fourth-order valence-corrected chi connectivity index (χ4v) is 8.02. The van der Waals surface area contributed by atoms with Crippen molar-refractivity contribution in [2.24, 2.45) is 0 Å². The van der Waals surface area contributed by atoms with Crippen LogP contribution in [0.25, 0.3) is 16.6 Å². The number of rotatable bonds is 12. The molecule has 2 aromatic heterocycles. The van der Waals surface area contributed by atoms with Crippen molar-refractivity contribution in [1.29, 1.82) is 0 Å². The van der Waals surface area contributed by atoms with Gasteiger partial charge in [-0.2, -0.15) is 11.8 Å². The van der Waals surface area contributed by atoms with E-state index in [2.05, 4.69) is 4.98 Å². The number of fused-ring (bicyclic) bond motifs is 2. The first-order valence-corrected chi connectivity index (χ1v) is 19.5. The summed E-state index contributed by atoms with van der Waals surface area (Å²) in [6.45, 7) is 2.19. The number of carboxylic acid groups (broad SMARTS) is 1. The van der Waals surface area contributed by atoms with Crippen LogP contribution in [0.1, 0.15) is 44.0 Å². The van der Waals surface area contributed by atoms with Crippen molar-refractivity contribution in [3.05, 3.63) is 143 Å². The number of H-pyrrole nitrogens is 1. The van der Waals surface area contributed by atoms with E-state index >= 15 is 4.79 Å². The number of aromatic hydroxyl groups is 1. The Morgan fingerprint density at radius 1 is 0.909 bits per heavy atom. The van der Waals surface area contributed by atoms with Gasteiger partial charge in [0.05, 0.1) is 16.8 Å². The van der Waals surface area contributed by atoms with Crippen molar-refractivity contribution in [3.63, 3.8) is 0 Å². The number of anilines is 2. The van der Waals surface area contributed by atoms with Gasteiger partial charge in [-0.15, -0.1) is 0 Å². The number of aromatic nitrogens is 2. The number of nitrogens with zero attached hydrogens (tertiary/aromatic N) is 5. The molecule has 4 aromatic carbocycles. The highest BCUT2D eigenvalue weighted by atomic mass is 32.2. The van der Waals surface area contributed by atoms with E-state index in [1.54, 1.807) is 63.1 Å². The van der Waals surface area contributed by atoms with Crippen molar-refractivity contribution in [2.45, 2.75) is 38.5 Å². The molecule has 3 N–H and O–H groups in total. The molecule has 0 bridgehead atoms. The van der Waals surface area contributed by atoms with E-state index in [1.165, 1.54) is 0 Å². The minimum atomic E-state index is -0.941. The lowest BCUT2D eigenvalue weighted by atomic mass is 9.95. The number of aliphatic carboxylic acids is 1. The average Bonchev–Trinajstić information content (AvgIpc) is 3.82. The highest BCUT2D eigenvalue weighted by Gasteiger charge is 2.41. The molecule has 11 nitrogen and oxygen atoms in total. The molecule has 7 rings (SSSR count). The number of hydrogen-bond donors (Lipinski definition) is 3. The number of phenolic OH excluding ortho intramolecular Hbond substituents is 1. The Kier molecular flexibility index (Phi) is 10.8. The summed E-state index contributed by atoms with van der Waals surface area (Å²) < 4.78 is 1.86. The van der Waals surface area contributed by atoms with E-state index in [9.17, 15) is 19.8 Å². The number of amides is 2. The average molecular weight is 757 g/mol. The highest BCUT2D eigenvalue weighted by molar-refractivity contribution is 7.98.